The third kappa shape index (κ3) is 4.15. The molecule has 2 aromatic carbocycles. The normalized spacial score (nSPS) is 9.70. The minimum absolute atomic E-state index is 0.379. The van der Waals surface area contributed by atoms with Crippen LogP contribution in [0.1, 0.15) is 23.6 Å². The SMILES string of the molecule is CCc1ccc(OCc2cccc(C#CCN)c2)cc1. The van der Waals surface area contributed by atoms with E-state index in [2.05, 4.69) is 30.9 Å². The molecule has 102 valence electrons. The van der Waals surface area contributed by atoms with Crippen LogP contribution in [0.5, 0.6) is 5.75 Å². The molecule has 0 fully saturated rings. The lowest BCUT2D eigenvalue weighted by Gasteiger charge is -2.07. The van der Waals surface area contributed by atoms with Gasteiger partial charge in [-0.05, 0) is 41.8 Å². The first-order valence-corrected chi connectivity index (χ1v) is 6.81. The highest BCUT2D eigenvalue weighted by Crippen LogP contribution is 2.15. The highest BCUT2D eigenvalue weighted by molar-refractivity contribution is 5.37. The molecule has 0 bridgehead atoms. The quantitative estimate of drug-likeness (QED) is 0.862. The van der Waals surface area contributed by atoms with Crippen molar-refractivity contribution in [2.24, 2.45) is 5.73 Å². The van der Waals surface area contributed by atoms with Crippen LogP contribution in [0.3, 0.4) is 0 Å². The molecule has 2 aromatic rings. The maximum absolute atomic E-state index is 5.78. The van der Waals surface area contributed by atoms with E-state index >= 15 is 0 Å². The second kappa shape index (κ2) is 7.37. The molecule has 0 aromatic heterocycles. The smallest absolute Gasteiger partial charge is 0.119 e. The van der Waals surface area contributed by atoms with Crippen molar-refractivity contribution in [2.75, 3.05) is 6.54 Å². The molecular formula is C18H19NO. The number of hydrogen-bond acceptors (Lipinski definition) is 2. The van der Waals surface area contributed by atoms with E-state index in [4.69, 9.17) is 10.5 Å². The van der Waals surface area contributed by atoms with E-state index in [9.17, 15) is 0 Å². The van der Waals surface area contributed by atoms with Crippen molar-refractivity contribution >= 4 is 0 Å². The van der Waals surface area contributed by atoms with Gasteiger partial charge in [-0.2, -0.15) is 0 Å². The van der Waals surface area contributed by atoms with Gasteiger partial charge in [0.2, 0.25) is 0 Å². The second-order valence-electron chi connectivity index (χ2n) is 4.49. The summed E-state index contributed by atoms with van der Waals surface area (Å²) in [7, 11) is 0. The van der Waals surface area contributed by atoms with E-state index < -0.39 is 0 Å². The molecule has 0 aliphatic carbocycles. The van der Waals surface area contributed by atoms with Gasteiger partial charge in [-0.25, -0.2) is 0 Å². The predicted octanol–water partition coefficient (Wildman–Crippen LogP) is 3.14. The van der Waals surface area contributed by atoms with Crippen LogP contribution in [0.25, 0.3) is 0 Å². The van der Waals surface area contributed by atoms with Crippen molar-refractivity contribution in [3.8, 4) is 17.6 Å². The highest BCUT2D eigenvalue weighted by Gasteiger charge is 1.97. The summed E-state index contributed by atoms with van der Waals surface area (Å²) in [6, 6.07) is 16.2. The summed E-state index contributed by atoms with van der Waals surface area (Å²) in [4.78, 5) is 0. The fraction of sp³-hybridized carbons (Fsp3) is 0.222. The fourth-order valence-electron chi connectivity index (χ4n) is 1.88. The van der Waals surface area contributed by atoms with Crippen LogP contribution < -0.4 is 10.5 Å². The zero-order chi connectivity index (χ0) is 14.2. The molecule has 0 heterocycles. The first-order chi connectivity index (χ1) is 9.81. The maximum atomic E-state index is 5.78. The maximum Gasteiger partial charge on any atom is 0.119 e. The van der Waals surface area contributed by atoms with Crippen molar-refractivity contribution in [1.82, 2.24) is 0 Å². The van der Waals surface area contributed by atoms with E-state index in [1.54, 1.807) is 0 Å². The van der Waals surface area contributed by atoms with Gasteiger partial charge in [0.15, 0.2) is 0 Å². The summed E-state index contributed by atoms with van der Waals surface area (Å²) in [5.41, 5.74) is 8.77. The zero-order valence-corrected chi connectivity index (χ0v) is 11.7. The number of ether oxygens (including phenoxy) is 1. The van der Waals surface area contributed by atoms with Crippen molar-refractivity contribution in [3.63, 3.8) is 0 Å². The van der Waals surface area contributed by atoms with E-state index in [0.29, 0.717) is 13.2 Å². The summed E-state index contributed by atoms with van der Waals surface area (Å²) >= 11 is 0. The Morgan fingerprint density at radius 1 is 1.05 bits per heavy atom. The van der Waals surface area contributed by atoms with Crippen LogP contribution in [0.2, 0.25) is 0 Å². The Morgan fingerprint density at radius 3 is 2.55 bits per heavy atom. The van der Waals surface area contributed by atoms with E-state index in [1.807, 2.05) is 36.4 Å². The Morgan fingerprint density at radius 2 is 1.85 bits per heavy atom. The number of rotatable bonds is 4. The molecular weight excluding hydrogens is 246 g/mol. The summed E-state index contributed by atoms with van der Waals surface area (Å²) in [6.45, 7) is 3.07. The number of benzene rings is 2. The van der Waals surface area contributed by atoms with E-state index in [-0.39, 0.29) is 0 Å². The van der Waals surface area contributed by atoms with Crippen LogP contribution >= 0.6 is 0 Å². The third-order valence-corrected chi connectivity index (χ3v) is 3.00. The highest BCUT2D eigenvalue weighted by atomic mass is 16.5. The summed E-state index contributed by atoms with van der Waals surface area (Å²) < 4.78 is 5.78. The van der Waals surface area contributed by atoms with Crippen LogP contribution in [0, 0.1) is 11.8 Å². The topological polar surface area (TPSA) is 35.2 Å². The molecule has 2 heteroatoms. The Bertz CT molecular complexity index is 605. The zero-order valence-electron chi connectivity index (χ0n) is 11.7. The molecule has 0 unspecified atom stereocenters. The summed E-state index contributed by atoms with van der Waals surface area (Å²) in [6.07, 6.45) is 1.04. The molecule has 0 spiro atoms. The molecule has 0 saturated carbocycles. The van der Waals surface area contributed by atoms with Crippen LogP contribution in [-0.4, -0.2) is 6.54 Å². The molecule has 0 amide bonds. The second-order valence-corrected chi connectivity index (χ2v) is 4.49. The minimum atomic E-state index is 0.379. The van der Waals surface area contributed by atoms with E-state index in [1.165, 1.54) is 5.56 Å². The minimum Gasteiger partial charge on any atom is -0.489 e. The van der Waals surface area contributed by atoms with Crippen molar-refractivity contribution in [1.29, 1.82) is 0 Å². The Kier molecular flexibility index (Phi) is 5.23. The lowest BCUT2D eigenvalue weighted by molar-refractivity contribution is 0.306. The molecule has 0 radical (unpaired) electrons. The average Bonchev–Trinajstić information content (AvgIpc) is 2.52. The molecule has 0 saturated heterocycles. The van der Waals surface area contributed by atoms with Crippen LogP contribution in [0.4, 0.5) is 0 Å². The molecule has 2 N–H and O–H groups in total. The number of aryl methyl sites for hydroxylation is 1. The molecule has 0 aliphatic heterocycles. The predicted molar refractivity (Wildman–Crippen MR) is 82.5 cm³/mol. The molecule has 0 atom stereocenters. The number of hydrogen-bond donors (Lipinski definition) is 1. The monoisotopic (exact) mass is 265 g/mol. The fourth-order valence-corrected chi connectivity index (χ4v) is 1.88. The number of nitrogens with two attached hydrogens (primary N) is 1. The summed E-state index contributed by atoms with van der Waals surface area (Å²) in [5.74, 6) is 6.77. The van der Waals surface area contributed by atoms with Gasteiger partial charge in [0.05, 0.1) is 6.54 Å². The molecule has 2 rings (SSSR count). The Hall–Kier alpha value is -2.24. The van der Waals surface area contributed by atoms with Gasteiger partial charge in [0.1, 0.15) is 12.4 Å². The van der Waals surface area contributed by atoms with Crippen molar-refractivity contribution in [2.45, 2.75) is 20.0 Å². The van der Waals surface area contributed by atoms with Crippen molar-refractivity contribution in [3.05, 3.63) is 65.2 Å². The first kappa shape index (κ1) is 14.2. The molecule has 2 nitrogen and oxygen atoms in total. The lowest BCUT2D eigenvalue weighted by atomic mass is 10.1. The standard InChI is InChI=1S/C18H19NO/c1-2-15-8-10-18(11-9-15)20-14-17-6-3-5-16(13-17)7-4-12-19/h3,5-6,8-11,13H,2,12,14,19H2,1H3. The van der Waals surface area contributed by atoms with Crippen molar-refractivity contribution < 1.29 is 4.74 Å². The van der Waals surface area contributed by atoms with Gasteiger partial charge in [0, 0.05) is 5.56 Å². The van der Waals surface area contributed by atoms with Gasteiger partial charge in [-0.15, -0.1) is 0 Å². The van der Waals surface area contributed by atoms with Gasteiger partial charge in [-0.3, -0.25) is 0 Å². The lowest BCUT2D eigenvalue weighted by Crippen LogP contribution is -1.96. The Balaban J connectivity index is 1.99. The van der Waals surface area contributed by atoms with Gasteiger partial charge in [-0.1, -0.05) is 43.0 Å². The van der Waals surface area contributed by atoms with Crippen LogP contribution in [0.15, 0.2) is 48.5 Å². The molecule has 20 heavy (non-hydrogen) atoms. The molecule has 0 aliphatic rings. The summed E-state index contributed by atoms with van der Waals surface area (Å²) in [5, 5.41) is 0. The van der Waals surface area contributed by atoms with E-state index in [0.717, 1.165) is 23.3 Å². The first-order valence-electron chi connectivity index (χ1n) is 6.81. The van der Waals surface area contributed by atoms with Gasteiger partial charge in [0.25, 0.3) is 0 Å². The van der Waals surface area contributed by atoms with Gasteiger partial charge < -0.3 is 10.5 Å². The average molecular weight is 265 g/mol. The van der Waals surface area contributed by atoms with Crippen LogP contribution in [-0.2, 0) is 13.0 Å². The third-order valence-electron chi connectivity index (χ3n) is 3.00. The largest absolute Gasteiger partial charge is 0.489 e. The Labute approximate surface area is 120 Å². The van der Waals surface area contributed by atoms with Gasteiger partial charge >= 0.3 is 0 Å².